The number of aromatic carboxylic acids is 1. The standard InChI is InChI=1S/C13H17BrN2O3S/c1-8(20-2)5-6-15-13(19)16-11-7-9(14)3-4-10(11)12(17)18/h3-4,7-8H,5-6H2,1-2H3,(H,17,18)(H2,15,16,19). The zero-order valence-electron chi connectivity index (χ0n) is 11.3. The molecular formula is C13H17BrN2O3S. The van der Waals surface area contributed by atoms with Gasteiger partial charge in [0.15, 0.2) is 0 Å². The average Bonchev–Trinajstić information content (AvgIpc) is 2.38. The van der Waals surface area contributed by atoms with E-state index in [-0.39, 0.29) is 11.3 Å². The summed E-state index contributed by atoms with van der Waals surface area (Å²) in [7, 11) is 0. The van der Waals surface area contributed by atoms with Gasteiger partial charge in [-0.2, -0.15) is 11.8 Å². The molecule has 20 heavy (non-hydrogen) atoms. The molecule has 0 aromatic heterocycles. The van der Waals surface area contributed by atoms with Crippen molar-refractivity contribution < 1.29 is 14.7 Å². The second-order valence-corrected chi connectivity index (χ2v) is 6.40. The van der Waals surface area contributed by atoms with Crippen molar-refractivity contribution in [2.24, 2.45) is 0 Å². The Balaban J connectivity index is 2.61. The molecule has 1 atom stereocenters. The van der Waals surface area contributed by atoms with Crippen molar-refractivity contribution in [2.45, 2.75) is 18.6 Å². The number of carboxylic acids is 1. The lowest BCUT2D eigenvalue weighted by Gasteiger charge is -2.12. The van der Waals surface area contributed by atoms with E-state index in [1.807, 2.05) is 6.26 Å². The summed E-state index contributed by atoms with van der Waals surface area (Å²) in [4.78, 5) is 22.8. The minimum atomic E-state index is -1.08. The Bertz CT molecular complexity index is 497. The Morgan fingerprint density at radius 1 is 1.45 bits per heavy atom. The Kier molecular flexibility index (Phi) is 6.87. The van der Waals surface area contributed by atoms with Crippen molar-refractivity contribution in [3.63, 3.8) is 0 Å². The number of urea groups is 1. The molecule has 0 saturated heterocycles. The van der Waals surface area contributed by atoms with Gasteiger partial charge in [0.1, 0.15) is 0 Å². The summed E-state index contributed by atoms with van der Waals surface area (Å²) in [5.41, 5.74) is 0.322. The molecule has 2 amide bonds. The highest BCUT2D eigenvalue weighted by Gasteiger charge is 2.12. The lowest BCUT2D eigenvalue weighted by molar-refractivity contribution is 0.0698. The number of anilines is 1. The number of carboxylic acid groups (broad SMARTS) is 1. The second kappa shape index (κ2) is 8.16. The van der Waals surface area contributed by atoms with E-state index in [0.29, 0.717) is 16.3 Å². The molecule has 1 unspecified atom stereocenters. The number of benzene rings is 1. The van der Waals surface area contributed by atoms with Crippen molar-refractivity contribution in [1.29, 1.82) is 0 Å². The molecule has 0 aliphatic rings. The van der Waals surface area contributed by atoms with E-state index in [1.165, 1.54) is 6.07 Å². The van der Waals surface area contributed by atoms with Gasteiger partial charge in [-0.3, -0.25) is 0 Å². The molecular weight excluding hydrogens is 344 g/mol. The number of carbonyl (C=O) groups excluding carboxylic acids is 1. The average molecular weight is 361 g/mol. The summed E-state index contributed by atoms with van der Waals surface area (Å²) < 4.78 is 0.703. The van der Waals surface area contributed by atoms with Gasteiger partial charge in [0, 0.05) is 16.3 Å². The molecule has 0 heterocycles. The van der Waals surface area contributed by atoms with Gasteiger partial charge in [0.25, 0.3) is 0 Å². The summed E-state index contributed by atoms with van der Waals surface area (Å²) in [5.74, 6) is -1.08. The molecule has 5 nitrogen and oxygen atoms in total. The van der Waals surface area contributed by atoms with E-state index in [0.717, 1.165) is 6.42 Å². The van der Waals surface area contributed by atoms with Gasteiger partial charge < -0.3 is 15.7 Å². The zero-order valence-corrected chi connectivity index (χ0v) is 13.7. The SMILES string of the molecule is CSC(C)CCNC(=O)Nc1cc(Br)ccc1C(=O)O. The van der Waals surface area contributed by atoms with Crippen LogP contribution in [0.2, 0.25) is 0 Å². The first-order valence-electron chi connectivity index (χ1n) is 6.04. The fraction of sp³-hybridized carbons (Fsp3) is 0.385. The molecule has 0 aliphatic carbocycles. The van der Waals surface area contributed by atoms with Crippen LogP contribution in [0.15, 0.2) is 22.7 Å². The summed E-state index contributed by atoms with van der Waals surface area (Å²) in [5, 5.41) is 14.8. The van der Waals surface area contributed by atoms with Crippen molar-refractivity contribution in [2.75, 3.05) is 18.1 Å². The first-order valence-corrected chi connectivity index (χ1v) is 8.12. The summed E-state index contributed by atoms with van der Waals surface area (Å²) in [6.45, 7) is 2.63. The van der Waals surface area contributed by atoms with Crippen LogP contribution in [-0.4, -0.2) is 35.2 Å². The highest BCUT2D eigenvalue weighted by Crippen LogP contribution is 2.21. The number of hydrogen-bond donors (Lipinski definition) is 3. The summed E-state index contributed by atoms with van der Waals surface area (Å²) in [6.07, 6.45) is 2.88. The lowest BCUT2D eigenvalue weighted by Crippen LogP contribution is -2.31. The number of rotatable bonds is 6. The number of carbonyl (C=O) groups is 2. The lowest BCUT2D eigenvalue weighted by atomic mass is 10.2. The highest BCUT2D eigenvalue weighted by molar-refractivity contribution is 9.10. The van der Waals surface area contributed by atoms with E-state index in [9.17, 15) is 9.59 Å². The minimum Gasteiger partial charge on any atom is -0.478 e. The van der Waals surface area contributed by atoms with Gasteiger partial charge in [-0.25, -0.2) is 9.59 Å². The van der Waals surface area contributed by atoms with Gasteiger partial charge in [0.05, 0.1) is 11.3 Å². The third-order valence-electron chi connectivity index (χ3n) is 2.70. The van der Waals surface area contributed by atoms with Crippen LogP contribution < -0.4 is 10.6 Å². The van der Waals surface area contributed by atoms with Gasteiger partial charge in [-0.1, -0.05) is 22.9 Å². The monoisotopic (exact) mass is 360 g/mol. The Morgan fingerprint density at radius 3 is 2.75 bits per heavy atom. The number of halogens is 1. The van der Waals surface area contributed by atoms with Gasteiger partial charge in [-0.05, 0) is 30.9 Å². The van der Waals surface area contributed by atoms with Crippen LogP contribution in [0.4, 0.5) is 10.5 Å². The highest BCUT2D eigenvalue weighted by atomic mass is 79.9. The first-order chi connectivity index (χ1) is 9.43. The van der Waals surface area contributed by atoms with E-state index in [1.54, 1.807) is 23.9 Å². The number of nitrogens with one attached hydrogen (secondary N) is 2. The zero-order chi connectivity index (χ0) is 15.1. The maximum Gasteiger partial charge on any atom is 0.337 e. The Labute approximate surface area is 130 Å². The number of thioether (sulfide) groups is 1. The van der Waals surface area contributed by atoms with Gasteiger partial charge in [-0.15, -0.1) is 0 Å². The fourth-order valence-electron chi connectivity index (χ4n) is 1.48. The molecule has 0 fully saturated rings. The van der Waals surface area contributed by atoms with E-state index >= 15 is 0 Å². The molecule has 3 N–H and O–H groups in total. The van der Waals surface area contributed by atoms with Crippen LogP contribution in [-0.2, 0) is 0 Å². The van der Waals surface area contributed by atoms with Crippen LogP contribution in [0.1, 0.15) is 23.7 Å². The number of amides is 2. The summed E-state index contributed by atoms with van der Waals surface area (Å²) >= 11 is 4.98. The molecule has 1 aromatic rings. The van der Waals surface area contributed by atoms with Gasteiger partial charge in [0.2, 0.25) is 0 Å². The smallest absolute Gasteiger partial charge is 0.337 e. The van der Waals surface area contributed by atoms with Crippen LogP contribution in [0.3, 0.4) is 0 Å². The van der Waals surface area contributed by atoms with Crippen molar-refractivity contribution in [3.05, 3.63) is 28.2 Å². The molecule has 110 valence electrons. The quantitative estimate of drug-likeness (QED) is 0.726. The third kappa shape index (κ3) is 5.42. The maximum absolute atomic E-state index is 11.7. The molecule has 1 aromatic carbocycles. The molecule has 1 rings (SSSR count). The third-order valence-corrected chi connectivity index (χ3v) is 4.23. The van der Waals surface area contributed by atoms with E-state index < -0.39 is 12.0 Å². The molecule has 7 heteroatoms. The van der Waals surface area contributed by atoms with Crippen molar-refractivity contribution in [3.8, 4) is 0 Å². The molecule has 0 saturated carbocycles. The topological polar surface area (TPSA) is 78.4 Å². The number of hydrogen-bond acceptors (Lipinski definition) is 3. The predicted molar refractivity (Wildman–Crippen MR) is 85.7 cm³/mol. The Morgan fingerprint density at radius 2 is 2.15 bits per heavy atom. The first kappa shape index (κ1) is 16.8. The predicted octanol–water partition coefficient (Wildman–Crippen LogP) is 3.41. The largest absolute Gasteiger partial charge is 0.478 e. The Hall–Kier alpha value is -1.21. The van der Waals surface area contributed by atoms with E-state index in [4.69, 9.17) is 5.11 Å². The molecule has 0 bridgehead atoms. The van der Waals surface area contributed by atoms with Crippen LogP contribution in [0.25, 0.3) is 0 Å². The molecule has 0 spiro atoms. The van der Waals surface area contributed by atoms with Crippen LogP contribution >= 0.6 is 27.7 Å². The van der Waals surface area contributed by atoms with Crippen molar-refractivity contribution in [1.82, 2.24) is 5.32 Å². The second-order valence-electron chi connectivity index (χ2n) is 4.21. The summed E-state index contributed by atoms with van der Waals surface area (Å²) in [6, 6.07) is 4.22. The maximum atomic E-state index is 11.7. The van der Waals surface area contributed by atoms with Crippen LogP contribution in [0, 0.1) is 0 Å². The normalized spacial score (nSPS) is 11.8. The molecule has 0 radical (unpaired) electrons. The minimum absolute atomic E-state index is 0.0563. The van der Waals surface area contributed by atoms with Crippen LogP contribution in [0.5, 0.6) is 0 Å². The fourth-order valence-corrected chi connectivity index (χ4v) is 2.19. The van der Waals surface area contributed by atoms with E-state index in [2.05, 4.69) is 33.5 Å². The molecule has 0 aliphatic heterocycles. The van der Waals surface area contributed by atoms with Crippen molar-refractivity contribution >= 4 is 45.4 Å². The van der Waals surface area contributed by atoms with Gasteiger partial charge >= 0.3 is 12.0 Å².